The van der Waals surface area contributed by atoms with Gasteiger partial charge in [-0.15, -0.1) is 0 Å². The van der Waals surface area contributed by atoms with Gasteiger partial charge in [0.15, 0.2) is 0 Å². The monoisotopic (exact) mass is 523 g/mol. The van der Waals surface area contributed by atoms with Crippen molar-refractivity contribution in [1.82, 2.24) is 15.0 Å². The number of hydrogen-bond acceptors (Lipinski definition) is 5. The lowest BCUT2D eigenvalue weighted by Crippen LogP contribution is -2.29. The van der Waals surface area contributed by atoms with Gasteiger partial charge in [0, 0.05) is 53.8 Å². The Labute approximate surface area is 212 Å². The standard InChI is InChI=1S/C25H26Cl2F3N5/c1-15(2)22-33-21-10-14-35(24-18(25(28,29)30)5-4-11-32-24)13-9-17(21)23(34-22)31-12-8-16-19(26)6-3-7-20(16)27/h3-7,11,15H,8-10,12-14H2,1-2H3,(H,31,33,34). The van der Waals surface area contributed by atoms with Gasteiger partial charge in [0.25, 0.3) is 0 Å². The van der Waals surface area contributed by atoms with Crippen LogP contribution in [0.5, 0.6) is 0 Å². The highest BCUT2D eigenvalue weighted by Crippen LogP contribution is 2.36. The van der Waals surface area contributed by atoms with Crippen molar-refractivity contribution in [3.05, 3.63) is 74.8 Å². The van der Waals surface area contributed by atoms with Gasteiger partial charge in [0.2, 0.25) is 0 Å². The summed E-state index contributed by atoms with van der Waals surface area (Å²) >= 11 is 12.6. The molecule has 10 heteroatoms. The van der Waals surface area contributed by atoms with Crippen LogP contribution in [0.15, 0.2) is 36.5 Å². The molecule has 4 rings (SSSR count). The highest BCUT2D eigenvalue weighted by molar-refractivity contribution is 6.36. The molecule has 0 bridgehead atoms. The Kier molecular flexibility index (Phi) is 7.71. The number of anilines is 2. The molecule has 1 N–H and O–H groups in total. The predicted octanol–water partition coefficient (Wildman–Crippen LogP) is 6.58. The van der Waals surface area contributed by atoms with Gasteiger partial charge in [-0.25, -0.2) is 15.0 Å². The lowest BCUT2D eigenvalue weighted by Gasteiger charge is -2.24. The average molecular weight is 524 g/mol. The van der Waals surface area contributed by atoms with Crippen LogP contribution in [0.25, 0.3) is 0 Å². The van der Waals surface area contributed by atoms with Crippen molar-refractivity contribution in [2.45, 2.75) is 45.2 Å². The highest BCUT2D eigenvalue weighted by atomic mass is 35.5. The third kappa shape index (κ3) is 5.81. The zero-order chi connectivity index (χ0) is 25.2. The summed E-state index contributed by atoms with van der Waals surface area (Å²) in [5, 5.41) is 4.62. The molecule has 0 radical (unpaired) electrons. The van der Waals surface area contributed by atoms with Crippen LogP contribution < -0.4 is 10.2 Å². The zero-order valence-corrected chi connectivity index (χ0v) is 21.0. The smallest absolute Gasteiger partial charge is 0.369 e. The maximum atomic E-state index is 13.6. The molecule has 0 unspecified atom stereocenters. The molecule has 5 nitrogen and oxygen atoms in total. The molecule has 3 heterocycles. The number of aromatic nitrogens is 3. The molecule has 0 amide bonds. The number of benzene rings is 1. The van der Waals surface area contributed by atoms with E-state index in [0.717, 1.165) is 22.9 Å². The minimum atomic E-state index is -4.47. The van der Waals surface area contributed by atoms with Crippen LogP contribution in [0.2, 0.25) is 10.0 Å². The van der Waals surface area contributed by atoms with Crippen LogP contribution in [0.3, 0.4) is 0 Å². The number of pyridine rings is 1. The number of halogens is 5. The number of nitrogens with one attached hydrogen (secondary N) is 1. The number of rotatable bonds is 6. The van der Waals surface area contributed by atoms with E-state index in [9.17, 15) is 13.2 Å². The van der Waals surface area contributed by atoms with E-state index in [4.69, 9.17) is 33.2 Å². The summed E-state index contributed by atoms with van der Waals surface area (Å²) in [6, 6.07) is 7.80. The van der Waals surface area contributed by atoms with Crippen molar-refractivity contribution >= 4 is 34.8 Å². The summed E-state index contributed by atoms with van der Waals surface area (Å²) in [4.78, 5) is 15.3. The van der Waals surface area contributed by atoms with Gasteiger partial charge in [-0.3, -0.25) is 0 Å². The van der Waals surface area contributed by atoms with Gasteiger partial charge in [-0.05, 0) is 42.7 Å². The van der Waals surface area contributed by atoms with Crippen LogP contribution in [-0.2, 0) is 25.4 Å². The van der Waals surface area contributed by atoms with Crippen molar-refractivity contribution in [3.63, 3.8) is 0 Å². The van der Waals surface area contributed by atoms with Crippen LogP contribution in [0.4, 0.5) is 24.8 Å². The van der Waals surface area contributed by atoms with E-state index in [2.05, 4.69) is 10.3 Å². The SMILES string of the molecule is CC(C)c1nc2c(c(NCCc3c(Cl)cccc3Cl)n1)CCN(c1ncccc1C(F)(F)F)CC2. The largest absolute Gasteiger partial charge is 0.419 e. The molecule has 0 saturated carbocycles. The summed E-state index contributed by atoms with van der Waals surface area (Å²) < 4.78 is 40.8. The van der Waals surface area contributed by atoms with E-state index >= 15 is 0 Å². The lowest BCUT2D eigenvalue weighted by atomic mass is 10.1. The molecular weight excluding hydrogens is 498 g/mol. The third-order valence-electron chi connectivity index (χ3n) is 6.00. The first-order chi connectivity index (χ1) is 16.6. The van der Waals surface area contributed by atoms with Crippen LogP contribution in [0, 0.1) is 0 Å². The molecular formula is C25H26Cl2F3N5. The van der Waals surface area contributed by atoms with Crippen LogP contribution in [-0.4, -0.2) is 34.6 Å². The van der Waals surface area contributed by atoms with Crippen LogP contribution in [0.1, 0.15) is 48.0 Å². The maximum absolute atomic E-state index is 13.6. The predicted molar refractivity (Wildman–Crippen MR) is 134 cm³/mol. The van der Waals surface area contributed by atoms with E-state index in [1.807, 2.05) is 13.8 Å². The zero-order valence-electron chi connectivity index (χ0n) is 19.5. The Hall–Kier alpha value is -2.58. The fourth-order valence-corrected chi connectivity index (χ4v) is 4.77. The molecule has 2 aromatic heterocycles. The van der Waals surface area contributed by atoms with E-state index in [1.54, 1.807) is 23.1 Å². The molecule has 0 aliphatic carbocycles. The molecule has 0 saturated heterocycles. The topological polar surface area (TPSA) is 53.9 Å². The first-order valence-electron chi connectivity index (χ1n) is 11.5. The number of fused-ring (bicyclic) bond motifs is 1. The van der Waals surface area contributed by atoms with E-state index in [0.29, 0.717) is 60.6 Å². The summed E-state index contributed by atoms with van der Waals surface area (Å²) in [6.07, 6.45) is -1.48. The van der Waals surface area contributed by atoms with Gasteiger partial charge in [0.1, 0.15) is 17.5 Å². The minimum Gasteiger partial charge on any atom is -0.369 e. The summed E-state index contributed by atoms with van der Waals surface area (Å²) in [5.41, 5.74) is 1.91. The molecule has 0 atom stereocenters. The van der Waals surface area contributed by atoms with Crippen molar-refractivity contribution in [2.75, 3.05) is 29.9 Å². The third-order valence-corrected chi connectivity index (χ3v) is 6.71. The number of nitrogens with zero attached hydrogens (tertiary/aromatic N) is 4. The lowest BCUT2D eigenvalue weighted by molar-refractivity contribution is -0.137. The van der Waals surface area contributed by atoms with Crippen molar-refractivity contribution in [1.29, 1.82) is 0 Å². The Balaban J connectivity index is 1.59. The first-order valence-corrected chi connectivity index (χ1v) is 12.2. The average Bonchev–Trinajstić information content (AvgIpc) is 3.03. The molecule has 0 spiro atoms. The molecule has 1 aliphatic heterocycles. The molecule has 1 aliphatic rings. The molecule has 186 valence electrons. The molecule has 1 aromatic carbocycles. The number of alkyl halides is 3. The van der Waals surface area contributed by atoms with E-state index in [-0.39, 0.29) is 11.7 Å². The van der Waals surface area contributed by atoms with E-state index in [1.165, 1.54) is 12.3 Å². The summed E-state index contributed by atoms with van der Waals surface area (Å²) in [7, 11) is 0. The fraction of sp³-hybridized carbons (Fsp3) is 0.400. The van der Waals surface area contributed by atoms with Gasteiger partial charge in [0.05, 0.1) is 11.3 Å². The minimum absolute atomic E-state index is 0.0484. The Morgan fingerprint density at radius 3 is 2.43 bits per heavy atom. The van der Waals surface area contributed by atoms with Crippen molar-refractivity contribution in [2.24, 2.45) is 0 Å². The quantitative estimate of drug-likeness (QED) is 0.395. The van der Waals surface area contributed by atoms with Gasteiger partial charge >= 0.3 is 6.18 Å². The maximum Gasteiger partial charge on any atom is 0.419 e. The van der Waals surface area contributed by atoms with Gasteiger partial charge in [-0.2, -0.15) is 13.2 Å². The molecule has 3 aromatic rings. The summed E-state index contributed by atoms with van der Waals surface area (Å²) in [5.74, 6) is 1.46. The Morgan fingerprint density at radius 1 is 1.03 bits per heavy atom. The van der Waals surface area contributed by atoms with E-state index < -0.39 is 11.7 Å². The molecule has 35 heavy (non-hydrogen) atoms. The normalized spacial score (nSPS) is 14.1. The van der Waals surface area contributed by atoms with Crippen molar-refractivity contribution < 1.29 is 13.2 Å². The second-order valence-electron chi connectivity index (χ2n) is 8.75. The van der Waals surface area contributed by atoms with Crippen molar-refractivity contribution in [3.8, 4) is 0 Å². The van der Waals surface area contributed by atoms with Gasteiger partial charge in [-0.1, -0.05) is 43.1 Å². The number of hydrogen-bond donors (Lipinski definition) is 1. The first kappa shape index (κ1) is 25.5. The van der Waals surface area contributed by atoms with Crippen LogP contribution >= 0.6 is 23.2 Å². The Morgan fingerprint density at radius 2 is 1.74 bits per heavy atom. The fourth-order valence-electron chi connectivity index (χ4n) is 4.18. The second-order valence-corrected chi connectivity index (χ2v) is 9.56. The second kappa shape index (κ2) is 10.6. The summed E-state index contributed by atoms with van der Waals surface area (Å²) in [6.45, 7) is 5.34. The van der Waals surface area contributed by atoms with Gasteiger partial charge < -0.3 is 10.2 Å². The highest BCUT2D eigenvalue weighted by Gasteiger charge is 2.36. The Bertz CT molecular complexity index is 1180. The molecule has 0 fully saturated rings.